The Labute approximate surface area is 177 Å². The molecule has 0 atom stereocenters. The normalized spacial score (nSPS) is 13.7. The van der Waals surface area contributed by atoms with E-state index in [0.29, 0.717) is 19.8 Å². The van der Waals surface area contributed by atoms with Gasteiger partial charge in [0.05, 0.1) is 19.8 Å². The van der Waals surface area contributed by atoms with Gasteiger partial charge in [0.15, 0.2) is 0 Å². The van der Waals surface area contributed by atoms with Crippen molar-refractivity contribution in [3.8, 4) is 5.75 Å². The summed E-state index contributed by atoms with van der Waals surface area (Å²) in [6.07, 6.45) is 4.00. The third-order valence-corrected chi connectivity index (χ3v) is 4.84. The fraction of sp³-hybridized carbons (Fsp3) is 0.333. The summed E-state index contributed by atoms with van der Waals surface area (Å²) in [5, 5.41) is 2.94. The topological polar surface area (TPSA) is 67.9 Å². The molecule has 2 aromatic rings. The lowest BCUT2D eigenvalue weighted by molar-refractivity contribution is -0.137. The van der Waals surface area contributed by atoms with Gasteiger partial charge in [-0.15, -0.1) is 0 Å². The molecular weight excluding hydrogens is 380 g/mol. The van der Waals surface area contributed by atoms with Gasteiger partial charge in [-0.3, -0.25) is 9.69 Å². The average molecular weight is 408 g/mol. The van der Waals surface area contributed by atoms with E-state index in [2.05, 4.69) is 22.3 Å². The van der Waals surface area contributed by atoms with Crippen LogP contribution < -0.4 is 10.1 Å². The molecule has 6 nitrogen and oxygen atoms in total. The average Bonchev–Trinajstić information content (AvgIpc) is 2.73. The molecule has 0 aliphatic carbocycles. The van der Waals surface area contributed by atoms with Crippen molar-refractivity contribution in [2.75, 3.05) is 31.6 Å². The van der Waals surface area contributed by atoms with Crippen molar-refractivity contribution < 1.29 is 19.1 Å². The van der Waals surface area contributed by atoms with Crippen LogP contribution in [0.4, 0.5) is 5.69 Å². The summed E-state index contributed by atoms with van der Waals surface area (Å²) in [7, 11) is 0. The van der Waals surface area contributed by atoms with Crippen molar-refractivity contribution in [2.45, 2.75) is 26.8 Å². The number of anilines is 1. The number of fused-ring (bicyclic) bond motifs is 1. The Morgan fingerprint density at radius 1 is 1.07 bits per heavy atom. The number of amides is 1. The van der Waals surface area contributed by atoms with Gasteiger partial charge in [0.2, 0.25) is 5.91 Å². The van der Waals surface area contributed by atoms with Crippen LogP contribution in [0.5, 0.6) is 5.75 Å². The largest absolute Gasteiger partial charge is 0.494 e. The Bertz CT molecular complexity index is 906. The second kappa shape index (κ2) is 10.6. The monoisotopic (exact) mass is 408 g/mol. The lowest BCUT2D eigenvalue weighted by Crippen LogP contribution is -2.37. The smallest absolute Gasteiger partial charge is 0.330 e. The minimum atomic E-state index is -0.369. The van der Waals surface area contributed by atoms with Gasteiger partial charge in [0.1, 0.15) is 5.75 Å². The highest BCUT2D eigenvalue weighted by atomic mass is 16.5. The highest BCUT2D eigenvalue weighted by Crippen LogP contribution is 2.24. The molecule has 30 heavy (non-hydrogen) atoms. The number of carbonyl (C=O) groups is 2. The molecule has 2 aromatic carbocycles. The number of ether oxygens (including phenoxy) is 2. The van der Waals surface area contributed by atoms with Crippen LogP contribution in [0.25, 0.3) is 6.08 Å². The van der Waals surface area contributed by atoms with Gasteiger partial charge < -0.3 is 14.8 Å². The van der Waals surface area contributed by atoms with E-state index in [1.807, 2.05) is 37.3 Å². The highest BCUT2D eigenvalue weighted by molar-refractivity contribution is 5.92. The number of rotatable bonds is 8. The molecule has 1 N–H and O–H groups in total. The number of nitrogens with zero attached hydrogens (tertiary/aromatic N) is 1. The highest BCUT2D eigenvalue weighted by Gasteiger charge is 2.19. The Hall–Kier alpha value is -3.12. The van der Waals surface area contributed by atoms with Crippen molar-refractivity contribution in [1.29, 1.82) is 0 Å². The van der Waals surface area contributed by atoms with Crippen LogP contribution in [0.15, 0.2) is 48.5 Å². The fourth-order valence-corrected chi connectivity index (χ4v) is 3.42. The maximum atomic E-state index is 12.5. The molecule has 0 spiro atoms. The molecule has 0 unspecified atom stereocenters. The van der Waals surface area contributed by atoms with Crippen LogP contribution in [0.2, 0.25) is 0 Å². The van der Waals surface area contributed by atoms with Crippen molar-refractivity contribution in [3.63, 3.8) is 0 Å². The molecule has 158 valence electrons. The Morgan fingerprint density at radius 2 is 1.87 bits per heavy atom. The molecule has 1 amide bonds. The Morgan fingerprint density at radius 3 is 2.60 bits per heavy atom. The summed E-state index contributed by atoms with van der Waals surface area (Å²) in [5.74, 6) is 0.459. The minimum Gasteiger partial charge on any atom is -0.494 e. The summed E-state index contributed by atoms with van der Waals surface area (Å²) in [5.41, 5.74) is 4.13. The van der Waals surface area contributed by atoms with Gasteiger partial charge in [-0.25, -0.2) is 4.79 Å². The van der Waals surface area contributed by atoms with Gasteiger partial charge in [-0.05, 0) is 67.3 Å². The molecule has 0 bridgehead atoms. The second-order valence-corrected chi connectivity index (χ2v) is 7.08. The summed E-state index contributed by atoms with van der Waals surface area (Å²) in [4.78, 5) is 26.0. The maximum Gasteiger partial charge on any atom is 0.330 e. The van der Waals surface area contributed by atoms with Gasteiger partial charge in [0, 0.05) is 24.9 Å². The third kappa shape index (κ3) is 6.19. The molecule has 0 saturated carbocycles. The van der Waals surface area contributed by atoms with Gasteiger partial charge in [-0.1, -0.05) is 18.2 Å². The molecular formula is C24H28N2O4. The van der Waals surface area contributed by atoms with Gasteiger partial charge in [0.25, 0.3) is 0 Å². The van der Waals surface area contributed by atoms with Gasteiger partial charge in [-0.2, -0.15) is 0 Å². The van der Waals surface area contributed by atoms with E-state index in [4.69, 9.17) is 9.47 Å². The van der Waals surface area contributed by atoms with E-state index < -0.39 is 0 Å². The van der Waals surface area contributed by atoms with Crippen molar-refractivity contribution >= 4 is 23.6 Å². The lowest BCUT2D eigenvalue weighted by Gasteiger charge is -2.28. The molecule has 0 fully saturated rings. The van der Waals surface area contributed by atoms with Crippen molar-refractivity contribution in [3.05, 3.63) is 65.2 Å². The number of benzene rings is 2. The standard InChI is InChI=1S/C24H28N2O4/c1-3-29-22-11-8-19-13-14-26(16-20(19)15-22)17-23(27)25-21-9-5-18(6-10-21)7-12-24(28)30-4-2/h5-12,15H,3-4,13-14,16-17H2,1-2H3,(H,25,27)/b12-7+. The minimum absolute atomic E-state index is 0.0470. The SMILES string of the molecule is CCOC(=O)/C=C/c1ccc(NC(=O)CN2CCc3ccc(OCC)cc3C2)cc1. The van der Waals surface area contributed by atoms with E-state index in [-0.39, 0.29) is 11.9 Å². The zero-order valence-electron chi connectivity index (χ0n) is 17.5. The molecule has 0 aromatic heterocycles. The molecule has 1 heterocycles. The predicted octanol–water partition coefficient (Wildman–Crippen LogP) is 3.66. The summed E-state index contributed by atoms with van der Waals surface area (Å²) in [6.45, 7) is 6.66. The predicted molar refractivity (Wildman–Crippen MR) is 117 cm³/mol. The first-order chi connectivity index (χ1) is 14.6. The Balaban J connectivity index is 1.52. The zero-order valence-corrected chi connectivity index (χ0v) is 17.5. The summed E-state index contributed by atoms with van der Waals surface area (Å²) in [6, 6.07) is 13.5. The molecule has 0 radical (unpaired) electrons. The number of esters is 1. The van der Waals surface area contributed by atoms with Crippen LogP contribution in [0.3, 0.4) is 0 Å². The first-order valence-electron chi connectivity index (χ1n) is 10.3. The van der Waals surface area contributed by atoms with E-state index >= 15 is 0 Å². The molecule has 6 heteroatoms. The number of hydrogen-bond acceptors (Lipinski definition) is 5. The van der Waals surface area contributed by atoms with E-state index in [0.717, 1.165) is 36.5 Å². The lowest BCUT2D eigenvalue weighted by atomic mass is 9.99. The number of hydrogen-bond donors (Lipinski definition) is 1. The van der Waals surface area contributed by atoms with Crippen molar-refractivity contribution in [1.82, 2.24) is 4.90 Å². The second-order valence-electron chi connectivity index (χ2n) is 7.08. The maximum absolute atomic E-state index is 12.5. The van der Waals surface area contributed by atoms with Gasteiger partial charge >= 0.3 is 5.97 Å². The summed E-state index contributed by atoms with van der Waals surface area (Å²) >= 11 is 0. The third-order valence-electron chi connectivity index (χ3n) is 4.84. The van der Waals surface area contributed by atoms with E-state index in [9.17, 15) is 9.59 Å². The zero-order chi connectivity index (χ0) is 21.3. The first-order valence-corrected chi connectivity index (χ1v) is 10.3. The summed E-state index contributed by atoms with van der Waals surface area (Å²) < 4.78 is 10.4. The fourth-order valence-electron chi connectivity index (χ4n) is 3.42. The molecule has 3 rings (SSSR count). The quantitative estimate of drug-likeness (QED) is 0.533. The van der Waals surface area contributed by atoms with Crippen LogP contribution in [0.1, 0.15) is 30.5 Å². The molecule has 1 aliphatic heterocycles. The van der Waals surface area contributed by atoms with Crippen LogP contribution >= 0.6 is 0 Å². The number of carbonyl (C=O) groups excluding carboxylic acids is 2. The van der Waals surface area contributed by atoms with Crippen LogP contribution in [-0.2, 0) is 27.3 Å². The van der Waals surface area contributed by atoms with Crippen LogP contribution in [0, 0.1) is 0 Å². The van der Waals surface area contributed by atoms with E-state index in [1.165, 1.54) is 17.2 Å². The molecule has 1 aliphatic rings. The number of nitrogens with one attached hydrogen (secondary N) is 1. The molecule has 0 saturated heterocycles. The Kier molecular flexibility index (Phi) is 7.63. The van der Waals surface area contributed by atoms with Crippen molar-refractivity contribution in [2.24, 2.45) is 0 Å². The van der Waals surface area contributed by atoms with Crippen LogP contribution in [-0.4, -0.2) is 43.1 Å². The first kappa shape index (κ1) is 21.6. The van der Waals surface area contributed by atoms with E-state index in [1.54, 1.807) is 13.0 Å².